The van der Waals surface area contributed by atoms with E-state index in [9.17, 15) is 4.79 Å². The molecular weight excluding hydrogens is 356 g/mol. The topological polar surface area (TPSA) is 55.1 Å². The van der Waals surface area contributed by atoms with Crippen LogP contribution in [-0.4, -0.2) is 22.4 Å². The first kappa shape index (κ1) is 19.4. The van der Waals surface area contributed by atoms with Crippen molar-refractivity contribution in [2.24, 2.45) is 17.8 Å². The fourth-order valence-electron chi connectivity index (χ4n) is 5.58. The smallest absolute Gasteiger partial charge is 0.291 e. The van der Waals surface area contributed by atoms with Crippen LogP contribution in [0.5, 0.6) is 0 Å². The highest BCUT2D eigenvalue weighted by atomic mass is 32.2. The summed E-state index contributed by atoms with van der Waals surface area (Å²) in [5.41, 5.74) is 0.857. The van der Waals surface area contributed by atoms with Crippen molar-refractivity contribution in [1.29, 1.82) is 0 Å². The molecule has 3 saturated carbocycles. The first-order valence-electron chi connectivity index (χ1n) is 11.0. The highest BCUT2D eigenvalue weighted by molar-refractivity contribution is 8.00. The third kappa shape index (κ3) is 4.55. The molecule has 4 rings (SSSR count). The van der Waals surface area contributed by atoms with E-state index >= 15 is 0 Å². The summed E-state index contributed by atoms with van der Waals surface area (Å²) in [5, 5.41) is 7.97. The van der Waals surface area contributed by atoms with E-state index in [1.54, 1.807) is 0 Å². The lowest BCUT2D eigenvalue weighted by Crippen LogP contribution is -2.42. The van der Waals surface area contributed by atoms with Gasteiger partial charge in [-0.3, -0.25) is 4.79 Å². The number of fused-ring (bicyclic) bond motifs is 2. The second-order valence-electron chi connectivity index (χ2n) is 9.20. The van der Waals surface area contributed by atoms with Crippen molar-refractivity contribution < 1.29 is 9.32 Å². The number of thioether (sulfide) groups is 1. The molecule has 2 bridgehead atoms. The van der Waals surface area contributed by atoms with Crippen LogP contribution in [0, 0.1) is 24.7 Å². The van der Waals surface area contributed by atoms with Gasteiger partial charge in [-0.25, -0.2) is 0 Å². The molecular formula is C22H34N2O2S. The Morgan fingerprint density at radius 2 is 1.78 bits per heavy atom. The van der Waals surface area contributed by atoms with Gasteiger partial charge in [-0.1, -0.05) is 43.7 Å². The molecule has 0 saturated heterocycles. The molecule has 3 unspecified atom stereocenters. The molecule has 3 atom stereocenters. The van der Waals surface area contributed by atoms with E-state index < -0.39 is 0 Å². The molecule has 1 aromatic heterocycles. The van der Waals surface area contributed by atoms with E-state index in [1.807, 2.05) is 18.7 Å². The predicted molar refractivity (Wildman–Crippen MR) is 109 cm³/mol. The Balaban J connectivity index is 1.39. The largest absolute Gasteiger partial charge is 0.350 e. The minimum absolute atomic E-state index is 0.0721. The Morgan fingerprint density at radius 3 is 2.48 bits per heavy atom. The number of carbonyl (C=O) groups is 1. The molecule has 0 radical (unpaired) electrons. The molecule has 3 aliphatic carbocycles. The lowest BCUT2D eigenvalue weighted by molar-refractivity contribution is 0.0818. The molecule has 27 heavy (non-hydrogen) atoms. The second-order valence-corrected chi connectivity index (χ2v) is 10.5. The van der Waals surface area contributed by atoms with Gasteiger partial charge < -0.3 is 9.84 Å². The highest BCUT2D eigenvalue weighted by Gasteiger charge is 2.35. The minimum Gasteiger partial charge on any atom is -0.350 e. The third-order valence-corrected chi connectivity index (χ3v) is 8.60. The number of nitrogens with zero attached hydrogens (tertiary/aromatic N) is 1. The Kier molecular flexibility index (Phi) is 6.15. The SMILES string of the molecule is Cc1noc(C(=O)NC(C)C2CC3CCCC(C3)C2)c1SC1CCCCC1. The average molecular weight is 391 g/mol. The van der Waals surface area contributed by atoms with Crippen LogP contribution in [0.1, 0.15) is 93.8 Å². The number of aryl methyl sites for hydroxylation is 1. The van der Waals surface area contributed by atoms with Gasteiger partial charge >= 0.3 is 0 Å². The molecule has 4 nitrogen and oxygen atoms in total. The van der Waals surface area contributed by atoms with Crippen molar-refractivity contribution in [3.05, 3.63) is 11.5 Å². The van der Waals surface area contributed by atoms with Gasteiger partial charge in [-0.2, -0.15) is 0 Å². The Morgan fingerprint density at radius 1 is 1.07 bits per heavy atom. The van der Waals surface area contributed by atoms with Crippen molar-refractivity contribution in [2.75, 3.05) is 0 Å². The van der Waals surface area contributed by atoms with E-state index in [-0.39, 0.29) is 11.9 Å². The first-order valence-corrected chi connectivity index (χ1v) is 11.9. The Hall–Kier alpha value is -0.970. The zero-order valence-corrected chi connectivity index (χ0v) is 17.7. The van der Waals surface area contributed by atoms with Crippen molar-refractivity contribution in [3.63, 3.8) is 0 Å². The van der Waals surface area contributed by atoms with Gasteiger partial charge in [0.05, 0.1) is 10.6 Å². The van der Waals surface area contributed by atoms with E-state index in [1.165, 1.54) is 70.6 Å². The number of carbonyl (C=O) groups excluding carboxylic acids is 1. The number of hydrogen-bond donors (Lipinski definition) is 1. The minimum atomic E-state index is -0.0721. The Bertz CT molecular complexity index is 641. The van der Waals surface area contributed by atoms with Crippen LogP contribution in [0.15, 0.2) is 9.42 Å². The maximum atomic E-state index is 13.0. The number of hydrogen-bond acceptors (Lipinski definition) is 4. The maximum Gasteiger partial charge on any atom is 0.291 e. The Labute approximate surface area is 167 Å². The second kappa shape index (κ2) is 8.59. The predicted octanol–water partition coefficient (Wildman–Crippen LogP) is 5.74. The van der Waals surface area contributed by atoms with Gasteiger partial charge in [0.15, 0.2) is 0 Å². The first-order chi connectivity index (χ1) is 13.1. The van der Waals surface area contributed by atoms with Crippen LogP contribution in [0.3, 0.4) is 0 Å². The van der Waals surface area contributed by atoms with Gasteiger partial charge in [0, 0.05) is 11.3 Å². The van der Waals surface area contributed by atoms with Crippen LogP contribution >= 0.6 is 11.8 Å². The van der Waals surface area contributed by atoms with Crippen molar-refractivity contribution >= 4 is 17.7 Å². The maximum absolute atomic E-state index is 13.0. The van der Waals surface area contributed by atoms with Crippen LogP contribution in [-0.2, 0) is 0 Å². The van der Waals surface area contributed by atoms with Crippen LogP contribution in [0.4, 0.5) is 0 Å². The van der Waals surface area contributed by atoms with Gasteiger partial charge in [-0.05, 0) is 63.7 Å². The van der Waals surface area contributed by atoms with Crippen molar-refractivity contribution in [1.82, 2.24) is 10.5 Å². The molecule has 1 heterocycles. The fraction of sp³-hybridized carbons (Fsp3) is 0.818. The lowest BCUT2D eigenvalue weighted by Gasteiger charge is -2.41. The summed E-state index contributed by atoms with van der Waals surface area (Å²) < 4.78 is 5.48. The third-order valence-electron chi connectivity index (χ3n) is 7.08. The van der Waals surface area contributed by atoms with Crippen LogP contribution < -0.4 is 5.32 Å². The monoisotopic (exact) mass is 390 g/mol. The average Bonchev–Trinajstić information content (AvgIpc) is 3.03. The molecule has 3 fully saturated rings. The van der Waals surface area contributed by atoms with Crippen LogP contribution in [0.2, 0.25) is 0 Å². The van der Waals surface area contributed by atoms with E-state index in [0.717, 1.165) is 22.4 Å². The fourth-order valence-corrected chi connectivity index (χ4v) is 6.92. The zero-order chi connectivity index (χ0) is 18.8. The zero-order valence-electron chi connectivity index (χ0n) is 16.8. The molecule has 0 aromatic carbocycles. The molecule has 0 spiro atoms. The number of amides is 1. The summed E-state index contributed by atoms with van der Waals surface area (Å²) in [7, 11) is 0. The van der Waals surface area contributed by atoms with Gasteiger partial charge in [-0.15, -0.1) is 11.8 Å². The molecule has 1 aromatic rings. The van der Waals surface area contributed by atoms with Gasteiger partial charge in [0.1, 0.15) is 0 Å². The summed E-state index contributed by atoms with van der Waals surface area (Å²) in [6.45, 7) is 4.14. The van der Waals surface area contributed by atoms with E-state index in [4.69, 9.17) is 4.52 Å². The highest BCUT2D eigenvalue weighted by Crippen LogP contribution is 2.43. The number of rotatable bonds is 5. The van der Waals surface area contributed by atoms with Crippen LogP contribution in [0.25, 0.3) is 0 Å². The van der Waals surface area contributed by atoms with E-state index in [0.29, 0.717) is 16.9 Å². The van der Waals surface area contributed by atoms with Gasteiger partial charge in [0.2, 0.25) is 5.76 Å². The number of aromatic nitrogens is 1. The summed E-state index contributed by atoms with van der Waals surface area (Å²) in [5.74, 6) is 2.73. The summed E-state index contributed by atoms with van der Waals surface area (Å²) in [6.07, 6.45) is 14.5. The molecule has 1 amide bonds. The van der Waals surface area contributed by atoms with Crippen molar-refractivity contribution in [3.8, 4) is 0 Å². The quantitative estimate of drug-likeness (QED) is 0.696. The molecule has 5 heteroatoms. The van der Waals surface area contributed by atoms with Crippen molar-refractivity contribution in [2.45, 2.75) is 101 Å². The van der Waals surface area contributed by atoms with Gasteiger partial charge in [0.25, 0.3) is 5.91 Å². The summed E-state index contributed by atoms with van der Waals surface area (Å²) in [4.78, 5) is 13.9. The molecule has 3 aliphatic rings. The summed E-state index contributed by atoms with van der Waals surface area (Å²) >= 11 is 1.81. The number of nitrogens with one attached hydrogen (secondary N) is 1. The standard InChI is InChI=1S/C22H34N2O2S/c1-14(18-12-16-7-6-8-17(11-16)13-18)23-22(25)20-21(15(2)24-26-20)27-19-9-4-3-5-10-19/h14,16-19H,3-13H2,1-2H3,(H,23,25). The van der Waals surface area contributed by atoms with E-state index in [2.05, 4.69) is 17.4 Å². The summed E-state index contributed by atoms with van der Waals surface area (Å²) in [6, 6.07) is 0.207. The normalized spacial score (nSPS) is 30.1. The molecule has 0 aliphatic heterocycles. The molecule has 1 N–H and O–H groups in total. The lowest BCUT2D eigenvalue weighted by atomic mass is 9.66. The molecule has 150 valence electrons.